The molecule has 0 saturated carbocycles. The lowest BCUT2D eigenvalue weighted by molar-refractivity contribution is 0.432. The Labute approximate surface area is 118 Å². The Hall–Kier alpha value is -1.02. The van der Waals surface area contributed by atoms with E-state index in [-0.39, 0.29) is 6.04 Å². The molecule has 1 N–H and O–H groups in total. The molecule has 0 aliphatic rings. The molecule has 0 spiro atoms. The van der Waals surface area contributed by atoms with E-state index in [4.69, 9.17) is 4.42 Å². The SMILES string of the molecule is CCC/C=C(\CCC)C(NCCCC)c1ccco1. The molecule has 0 saturated heterocycles. The molecule has 1 rings (SSSR count). The third kappa shape index (κ3) is 5.65. The number of hydrogen-bond acceptors (Lipinski definition) is 2. The second-order valence-corrected chi connectivity index (χ2v) is 5.07. The minimum absolute atomic E-state index is 0.257. The van der Waals surface area contributed by atoms with Crippen molar-refractivity contribution in [1.82, 2.24) is 5.32 Å². The Morgan fingerprint density at radius 2 is 2.11 bits per heavy atom. The van der Waals surface area contributed by atoms with Gasteiger partial charge in [0.25, 0.3) is 0 Å². The first-order valence-electron chi connectivity index (χ1n) is 7.79. The molecule has 1 unspecified atom stereocenters. The van der Waals surface area contributed by atoms with Crippen LogP contribution in [0.15, 0.2) is 34.5 Å². The molecule has 1 atom stereocenters. The highest BCUT2D eigenvalue weighted by molar-refractivity contribution is 5.20. The second-order valence-electron chi connectivity index (χ2n) is 5.07. The Morgan fingerprint density at radius 1 is 1.26 bits per heavy atom. The average molecular weight is 263 g/mol. The van der Waals surface area contributed by atoms with Crippen molar-refractivity contribution in [1.29, 1.82) is 0 Å². The zero-order chi connectivity index (χ0) is 13.9. The molecule has 0 bridgehead atoms. The molecular formula is C17H29NO. The van der Waals surface area contributed by atoms with Gasteiger partial charge in [0.2, 0.25) is 0 Å². The van der Waals surface area contributed by atoms with Gasteiger partial charge in [-0.25, -0.2) is 0 Å². The van der Waals surface area contributed by atoms with Crippen LogP contribution >= 0.6 is 0 Å². The first-order chi connectivity index (χ1) is 9.33. The third-order valence-electron chi connectivity index (χ3n) is 3.31. The minimum Gasteiger partial charge on any atom is -0.467 e. The summed E-state index contributed by atoms with van der Waals surface area (Å²) in [6.45, 7) is 7.75. The number of unbranched alkanes of at least 4 members (excludes halogenated alkanes) is 2. The van der Waals surface area contributed by atoms with Crippen molar-refractivity contribution in [3.8, 4) is 0 Å². The molecule has 1 aromatic heterocycles. The first-order valence-corrected chi connectivity index (χ1v) is 7.79. The van der Waals surface area contributed by atoms with Crippen molar-refractivity contribution in [2.75, 3.05) is 6.54 Å². The quantitative estimate of drug-likeness (QED) is 0.461. The van der Waals surface area contributed by atoms with Crippen molar-refractivity contribution >= 4 is 0 Å². The Morgan fingerprint density at radius 3 is 2.68 bits per heavy atom. The van der Waals surface area contributed by atoms with E-state index in [2.05, 4.69) is 38.2 Å². The molecular weight excluding hydrogens is 234 g/mol. The molecule has 108 valence electrons. The summed E-state index contributed by atoms with van der Waals surface area (Å²) >= 11 is 0. The standard InChI is InChI=1S/C17H29NO/c1-4-7-11-15(10-6-3)17(18-13-8-5-2)16-12-9-14-19-16/h9,11-12,14,17-18H,4-8,10,13H2,1-3H3/b15-11+. The van der Waals surface area contributed by atoms with Gasteiger partial charge in [-0.2, -0.15) is 0 Å². The van der Waals surface area contributed by atoms with Crippen molar-refractivity contribution in [2.45, 2.75) is 65.3 Å². The lowest BCUT2D eigenvalue weighted by Gasteiger charge is -2.20. The lowest BCUT2D eigenvalue weighted by Crippen LogP contribution is -2.24. The van der Waals surface area contributed by atoms with Crippen LogP contribution in [0.1, 0.15) is 71.1 Å². The van der Waals surface area contributed by atoms with E-state index in [0.29, 0.717) is 0 Å². The molecule has 2 nitrogen and oxygen atoms in total. The molecule has 1 aromatic rings. The van der Waals surface area contributed by atoms with Gasteiger partial charge in [-0.05, 0) is 43.5 Å². The van der Waals surface area contributed by atoms with Crippen molar-refractivity contribution in [2.24, 2.45) is 0 Å². The number of nitrogens with one attached hydrogen (secondary N) is 1. The maximum atomic E-state index is 5.63. The summed E-state index contributed by atoms with van der Waals surface area (Å²) in [5.41, 5.74) is 1.48. The maximum Gasteiger partial charge on any atom is 0.124 e. The number of furan rings is 1. The lowest BCUT2D eigenvalue weighted by atomic mass is 9.98. The largest absolute Gasteiger partial charge is 0.467 e. The summed E-state index contributed by atoms with van der Waals surface area (Å²) in [5.74, 6) is 1.05. The van der Waals surface area contributed by atoms with Crippen LogP contribution in [0, 0.1) is 0 Å². The molecule has 0 amide bonds. The van der Waals surface area contributed by atoms with Gasteiger partial charge >= 0.3 is 0 Å². The van der Waals surface area contributed by atoms with Gasteiger partial charge in [-0.1, -0.05) is 46.1 Å². The first kappa shape index (κ1) is 16.0. The monoisotopic (exact) mass is 263 g/mol. The van der Waals surface area contributed by atoms with E-state index in [9.17, 15) is 0 Å². The van der Waals surface area contributed by atoms with E-state index in [0.717, 1.165) is 25.1 Å². The fraction of sp³-hybridized carbons (Fsp3) is 0.647. The zero-order valence-corrected chi connectivity index (χ0v) is 12.7. The molecule has 0 aliphatic heterocycles. The third-order valence-corrected chi connectivity index (χ3v) is 3.31. The van der Waals surface area contributed by atoms with Crippen LogP contribution in [0.4, 0.5) is 0 Å². The van der Waals surface area contributed by atoms with Gasteiger partial charge in [-0.15, -0.1) is 0 Å². The van der Waals surface area contributed by atoms with Crippen LogP contribution in [0.5, 0.6) is 0 Å². The smallest absolute Gasteiger partial charge is 0.124 e. The summed E-state index contributed by atoms with van der Waals surface area (Å²) in [6.07, 6.45) is 11.3. The van der Waals surface area contributed by atoms with Crippen LogP contribution < -0.4 is 5.32 Å². The predicted octanol–water partition coefficient (Wildman–Crippen LogP) is 5.24. The number of rotatable bonds is 10. The van der Waals surface area contributed by atoms with E-state index >= 15 is 0 Å². The Balaban J connectivity index is 2.79. The molecule has 2 heteroatoms. The van der Waals surface area contributed by atoms with E-state index < -0.39 is 0 Å². The molecule has 1 heterocycles. The Kier molecular flexibility index (Phi) is 8.31. The second kappa shape index (κ2) is 9.85. The van der Waals surface area contributed by atoms with Crippen molar-refractivity contribution < 1.29 is 4.42 Å². The van der Waals surface area contributed by atoms with E-state index in [1.165, 1.54) is 31.3 Å². The van der Waals surface area contributed by atoms with Crippen LogP contribution in [-0.4, -0.2) is 6.54 Å². The van der Waals surface area contributed by atoms with E-state index in [1.807, 2.05) is 6.07 Å². The molecule has 0 aliphatic carbocycles. The van der Waals surface area contributed by atoms with Gasteiger partial charge in [0.05, 0.1) is 12.3 Å². The van der Waals surface area contributed by atoms with Crippen molar-refractivity contribution in [3.63, 3.8) is 0 Å². The summed E-state index contributed by atoms with van der Waals surface area (Å²) in [5, 5.41) is 3.65. The number of allylic oxidation sites excluding steroid dienone is 1. The maximum absolute atomic E-state index is 5.63. The zero-order valence-electron chi connectivity index (χ0n) is 12.7. The summed E-state index contributed by atoms with van der Waals surface area (Å²) in [6, 6.07) is 4.32. The van der Waals surface area contributed by atoms with Crippen LogP contribution in [-0.2, 0) is 0 Å². The normalized spacial score (nSPS) is 13.7. The molecule has 19 heavy (non-hydrogen) atoms. The summed E-state index contributed by atoms with van der Waals surface area (Å²) in [4.78, 5) is 0. The highest BCUT2D eigenvalue weighted by Gasteiger charge is 2.17. The van der Waals surface area contributed by atoms with Gasteiger partial charge in [0, 0.05) is 0 Å². The van der Waals surface area contributed by atoms with Crippen molar-refractivity contribution in [3.05, 3.63) is 35.8 Å². The van der Waals surface area contributed by atoms with Gasteiger partial charge in [0.1, 0.15) is 5.76 Å². The Bertz CT molecular complexity index is 340. The highest BCUT2D eigenvalue weighted by Crippen LogP contribution is 2.26. The molecule has 0 fully saturated rings. The summed E-state index contributed by atoms with van der Waals surface area (Å²) < 4.78 is 5.63. The van der Waals surface area contributed by atoms with Gasteiger partial charge in [0.15, 0.2) is 0 Å². The predicted molar refractivity (Wildman–Crippen MR) is 82.3 cm³/mol. The molecule has 0 radical (unpaired) electrons. The van der Waals surface area contributed by atoms with Gasteiger partial charge < -0.3 is 9.73 Å². The van der Waals surface area contributed by atoms with Crippen LogP contribution in [0.3, 0.4) is 0 Å². The highest BCUT2D eigenvalue weighted by atomic mass is 16.3. The molecule has 0 aromatic carbocycles. The average Bonchev–Trinajstić information content (AvgIpc) is 2.94. The summed E-state index contributed by atoms with van der Waals surface area (Å²) in [7, 11) is 0. The minimum atomic E-state index is 0.257. The number of hydrogen-bond donors (Lipinski definition) is 1. The fourth-order valence-electron chi connectivity index (χ4n) is 2.28. The fourth-order valence-corrected chi connectivity index (χ4v) is 2.28. The van der Waals surface area contributed by atoms with Gasteiger partial charge in [-0.3, -0.25) is 0 Å². The van der Waals surface area contributed by atoms with Crippen LogP contribution in [0.25, 0.3) is 0 Å². The van der Waals surface area contributed by atoms with E-state index in [1.54, 1.807) is 6.26 Å². The van der Waals surface area contributed by atoms with Crippen LogP contribution in [0.2, 0.25) is 0 Å². The topological polar surface area (TPSA) is 25.2 Å².